The average molecular weight is 246 g/mol. The third-order valence-electron chi connectivity index (χ3n) is 3.31. The molecule has 0 aliphatic carbocycles. The zero-order valence-electron chi connectivity index (χ0n) is 11.4. The van der Waals surface area contributed by atoms with E-state index >= 15 is 0 Å². The zero-order chi connectivity index (χ0) is 13.1. The van der Waals surface area contributed by atoms with Crippen LogP contribution in [0.4, 0.5) is 11.4 Å². The normalized spacial score (nSPS) is 19.4. The van der Waals surface area contributed by atoms with Crippen molar-refractivity contribution in [3.8, 4) is 0 Å². The van der Waals surface area contributed by atoms with E-state index in [0.29, 0.717) is 12.3 Å². The van der Waals surface area contributed by atoms with Gasteiger partial charge in [-0.3, -0.25) is 4.79 Å². The number of hydrogen-bond acceptors (Lipinski definition) is 2. The topological polar surface area (TPSA) is 32.3 Å². The summed E-state index contributed by atoms with van der Waals surface area (Å²) in [5.41, 5.74) is 2.09. The summed E-state index contributed by atoms with van der Waals surface area (Å²) in [5.74, 6) is 0.833. The van der Waals surface area contributed by atoms with Crippen LogP contribution in [0.1, 0.15) is 33.6 Å². The Balaban J connectivity index is 2.28. The molecule has 1 atom stereocenters. The Bertz CT molecular complexity index is 428. The molecule has 0 aromatic heterocycles. The van der Waals surface area contributed by atoms with Crippen molar-refractivity contribution in [1.29, 1.82) is 0 Å². The van der Waals surface area contributed by atoms with Crippen molar-refractivity contribution in [2.24, 2.45) is 5.92 Å². The lowest BCUT2D eigenvalue weighted by molar-refractivity contribution is -0.118. The number of nitrogens with one attached hydrogen (secondary N) is 1. The lowest BCUT2D eigenvalue weighted by Crippen LogP contribution is -2.33. The Labute approximate surface area is 109 Å². The third kappa shape index (κ3) is 2.84. The Morgan fingerprint density at radius 3 is 2.83 bits per heavy atom. The SMILES string of the molecule is CC(C)CCN1C(=O)CC(C)Nc2ccccc21. The maximum atomic E-state index is 12.3. The second kappa shape index (κ2) is 5.42. The standard InChI is InChI=1S/C15H22N2O/c1-11(2)8-9-17-14-7-5-4-6-13(14)16-12(3)10-15(17)18/h4-7,11-12,16H,8-10H2,1-3H3. The maximum absolute atomic E-state index is 12.3. The number of hydrogen-bond donors (Lipinski definition) is 1. The molecule has 1 aliphatic heterocycles. The minimum atomic E-state index is 0.197. The molecule has 1 N–H and O–H groups in total. The van der Waals surface area contributed by atoms with Crippen LogP contribution in [0, 0.1) is 5.92 Å². The predicted octanol–water partition coefficient (Wildman–Crippen LogP) is 3.27. The van der Waals surface area contributed by atoms with E-state index in [0.717, 1.165) is 24.3 Å². The van der Waals surface area contributed by atoms with Gasteiger partial charge >= 0.3 is 0 Å². The van der Waals surface area contributed by atoms with Crippen molar-refractivity contribution in [2.45, 2.75) is 39.7 Å². The van der Waals surface area contributed by atoms with Crippen molar-refractivity contribution in [3.05, 3.63) is 24.3 Å². The van der Waals surface area contributed by atoms with E-state index in [-0.39, 0.29) is 11.9 Å². The van der Waals surface area contributed by atoms with Gasteiger partial charge in [0, 0.05) is 19.0 Å². The van der Waals surface area contributed by atoms with Gasteiger partial charge in [0.15, 0.2) is 0 Å². The molecule has 0 spiro atoms. The lowest BCUT2D eigenvalue weighted by Gasteiger charge is -2.23. The molecule has 3 nitrogen and oxygen atoms in total. The molecule has 0 saturated carbocycles. The summed E-state index contributed by atoms with van der Waals surface area (Å²) in [4.78, 5) is 14.2. The Morgan fingerprint density at radius 1 is 1.39 bits per heavy atom. The van der Waals surface area contributed by atoms with E-state index in [1.54, 1.807) is 0 Å². The number of carbonyl (C=O) groups excluding carboxylic acids is 1. The van der Waals surface area contributed by atoms with Crippen LogP contribution in [0.25, 0.3) is 0 Å². The quantitative estimate of drug-likeness (QED) is 0.887. The second-order valence-corrected chi connectivity index (χ2v) is 5.49. The van der Waals surface area contributed by atoms with Gasteiger partial charge in [-0.15, -0.1) is 0 Å². The molecule has 0 saturated heterocycles. The van der Waals surface area contributed by atoms with Crippen LogP contribution in [0.3, 0.4) is 0 Å². The van der Waals surface area contributed by atoms with E-state index in [2.05, 4.69) is 26.1 Å². The highest BCUT2D eigenvalue weighted by atomic mass is 16.2. The molecule has 98 valence electrons. The van der Waals surface area contributed by atoms with Crippen molar-refractivity contribution in [2.75, 3.05) is 16.8 Å². The third-order valence-corrected chi connectivity index (χ3v) is 3.31. The van der Waals surface area contributed by atoms with Gasteiger partial charge in [-0.2, -0.15) is 0 Å². The fourth-order valence-corrected chi connectivity index (χ4v) is 2.29. The van der Waals surface area contributed by atoms with Crippen LogP contribution in [0.5, 0.6) is 0 Å². The minimum absolute atomic E-state index is 0.197. The van der Waals surface area contributed by atoms with Crippen LogP contribution in [0.2, 0.25) is 0 Å². The molecule has 1 unspecified atom stereocenters. The first-order valence-electron chi connectivity index (χ1n) is 6.74. The molecule has 1 aromatic carbocycles. The fraction of sp³-hybridized carbons (Fsp3) is 0.533. The van der Waals surface area contributed by atoms with Crippen molar-refractivity contribution in [3.63, 3.8) is 0 Å². The van der Waals surface area contributed by atoms with Gasteiger partial charge in [-0.25, -0.2) is 0 Å². The molecule has 1 amide bonds. The second-order valence-electron chi connectivity index (χ2n) is 5.49. The van der Waals surface area contributed by atoms with E-state index in [9.17, 15) is 4.79 Å². The Hall–Kier alpha value is -1.51. The van der Waals surface area contributed by atoms with Gasteiger partial charge in [-0.05, 0) is 31.4 Å². The van der Waals surface area contributed by atoms with E-state index in [1.807, 2.05) is 29.2 Å². The fourth-order valence-electron chi connectivity index (χ4n) is 2.29. The molecule has 2 rings (SSSR count). The summed E-state index contributed by atoms with van der Waals surface area (Å²) in [7, 11) is 0. The number of para-hydroxylation sites is 2. The Kier molecular flexibility index (Phi) is 3.90. The zero-order valence-corrected chi connectivity index (χ0v) is 11.4. The molecular formula is C15H22N2O. The van der Waals surface area contributed by atoms with Gasteiger partial charge in [0.05, 0.1) is 11.4 Å². The Morgan fingerprint density at radius 2 is 2.11 bits per heavy atom. The van der Waals surface area contributed by atoms with Gasteiger partial charge in [0.25, 0.3) is 0 Å². The summed E-state index contributed by atoms with van der Waals surface area (Å²) in [5, 5.41) is 3.41. The molecule has 0 bridgehead atoms. The molecule has 1 aromatic rings. The van der Waals surface area contributed by atoms with Crippen molar-refractivity contribution in [1.82, 2.24) is 0 Å². The molecule has 3 heteroatoms. The molecule has 18 heavy (non-hydrogen) atoms. The number of amides is 1. The van der Waals surface area contributed by atoms with Crippen LogP contribution in [-0.4, -0.2) is 18.5 Å². The predicted molar refractivity (Wildman–Crippen MR) is 76.0 cm³/mol. The van der Waals surface area contributed by atoms with Crippen LogP contribution in [-0.2, 0) is 4.79 Å². The first kappa shape index (κ1) is 12.9. The summed E-state index contributed by atoms with van der Waals surface area (Å²) in [6.45, 7) is 7.24. The van der Waals surface area contributed by atoms with Crippen LogP contribution in [0.15, 0.2) is 24.3 Å². The van der Waals surface area contributed by atoms with Gasteiger partial charge in [-0.1, -0.05) is 26.0 Å². The number of carbonyl (C=O) groups is 1. The summed E-state index contributed by atoms with van der Waals surface area (Å²) in [6, 6.07) is 8.27. The molecule has 1 heterocycles. The van der Waals surface area contributed by atoms with Crippen LogP contribution < -0.4 is 10.2 Å². The van der Waals surface area contributed by atoms with E-state index in [1.165, 1.54) is 0 Å². The number of rotatable bonds is 3. The first-order valence-corrected chi connectivity index (χ1v) is 6.74. The molecular weight excluding hydrogens is 224 g/mol. The highest BCUT2D eigenvalue weighted by Gasteiger charge is 2.24. The molecule has 0 radical (unpaired) electrons. The lowest BCUT2D eigenvalue weighted by atomic mass is 10.1. The molecule has 0 fully saturated rings. The highest BCUT2D eigenvalue weighted by molar-refractivity contribution is 5.98. The number of anilines is 2. The summed E-state index contributed by atoms with van der Waals surface area (Å²) in [6.07, 6.45) is 1.60. The number of nitrogens with zero attached hydrogens (tertiary/aromatic N) is 1. The van der Waals surface area contributed by atoms with Gasteiger partial charge < -0.3 is 10.2 Å². The van der Waals surface area contributed by atoms with Crippen LogP contribution >= 0.6 is 0 Å². The first-order chi connectivity index (χ1) is 8.58. The smallest absolute Gasteiger partial charge is 0.229 e. The van der Waals surface area contributed by atoms with Crippen molar-refractivity contribution < 1.29 is 4.79 Å². The van der Waals surface area contributed by atoms with Gasteiger partial charge in [0.1, 0.15) is 0 Å². The van der Waals surface area contributed by atoms with E-state index < -0.39 is 0 Å². The monoisotopic (exact) mass is 246 g/mol. The maximum Gasteiger partial charge on any atom is 0.229 e. The minimum Gasteiger partial charge on any atom is -0.380 e. The van der Waals surface area contributed by atoms with Crippen molar-refractivity contribution >= 4 is 17.3 Å². The highest BCUT2D eigenvalue weighted by Crippen LogP contribution is 2.30. The summed E-state index contributed by atoms with van der Waals surface area (Å²) >= 11 is 0. The molecule has 1 aliphatic rings. The van der Waals surface area contributed by atoms with E-state index in [4.69, 9.17) is 0 Å². The number of benzene rings is 1. The average Bonchev–Trinajstić information content (AvgIpc) is 2.41. The summed E-state index contributed by atoms with van der Waals surface area (Å²) < 4.78 is 0. The number of fused-ring (bicyclic) bond motifs is 1. The largest absolute Gasteiger partial charge is 0.380 e. The van der Waals surface area contributed by atoms with Gasteiger partial charge in [0.2, 0.25) is 5.91 Å².